The number of likely N-dealkylation sites (tertiary alicyclic amines) is 1. The van der Waals surface area contributed by atoms with Crippen molar-refractivity contribution in [1.29, 1.82) is 0 Å². The number of aliphatic hydroxyl groups excluding tert-OH is 1. The zero-order valence-electron chi connectivity index (χ0n) is 9.24. The molecule has 0 bridgehead atoms. The highest BCUT2D eigenvalue weighted by atomic mass is 16.3. The fraction of sp³-hybridized carbons (Fsp3) is 0.727. The van der Waals surface area contributed by atoms with Crippen molar-refractivity contribution in [1.82, 2.24) is 14.9 Å². The maximum absolute atomic E-state index is 9.35. The maximum atomic E-state index is 9.35. The standard InChI is InChI=1S/C11H19N3O/c1-11(8-15)3-2-4-14(7-11)6-10-5-12-9-13-10/h5,9,15H,2-4,6-8H2,1H3,(H,12,13). The molecule has 4 nitrogen and oxygen atoms in total. The lowest BCUT2D eigenvalue weighted by Crippen LogP contribution is -2.43. The fourth-order valence-electron chi connectivity index (χ4n) is 2.30. The number of H-pyrrole nitrogens is 1. The Morgan fingerprint density at radius 3 is 3.20 bits per heavy atom. The molecule has 1 aromatic heterocycles. The first kappa shape index (κ1) is 10.6. The van der Waals surface area contributed by atoms with Crippen LogP contribution in [0, 0.1) is 5.41 Å². The number of aromatic nitrogens is 2. The number of aromatic amines is 1. The Labute approximate surface area is 90.3 Å². The van der Waals surface area contributed by atoms with Crippen molar-refractivity contribution in [2.75, 3.05) is 19.7 Å². The third-order valence-corrected chi connectivity index (χ3v) is 3.19. The van der Waals surface area contributed by atoms with E-state index in [0.29, 0.717) is 0 Å². The lowest BCUT2D eigenvalue weighted by Gasteiger charge is -2.39. The minimum absolute atomic E-state index is 0.0816. The summed E-state index contributed by atoms with van der Waals surface area (Å²) in [4.78, 5) is 9.51. The van der Waals surface area contributed by atoms with Gasteiger partial charge in [0.2, 0.25) is 0 Å². The molecule has 15 heavy (non-hydrogen) atoms. The number of piperidine rings is 1. The van der Waals surface area contributed by atoms with Crippen LogP contribution in [0.2, 0.25) is 0 Å². The Morgan fingerprint density at radius 2 is 2.53 bits per heavy atom. The van der Waals surface area contributed by atoms with Crippen LogP contribution in [-0.2, 0) is 6.54 Å². The lowest BCUT2D eigenvalue weighted by molar-refractivity contribution is 0.0424. The molecule has 0 aliphatic carbocycles. The summed E-state index contributed by atoms with van der Waals surface area (Å²) in [6.45, 7) is 5.45. The number of hydrogen-bond donors (Lipinski definition) is 2. The zero-order valence-corrected chi connectivity index (χ0v) is 9.24. The van der Waals surface area contributed by atoms with Crippen molar-refractivity contribution in [3.8, 4) is 0 Å². The molecule has 4 heteroatoms. The second-order valence-electron chi connectivity index (χ2n) is 4.86. The van der Waals surface area contributed by atoms with Gasteiger partial charge in [0.1, 0.15) is 0 Å². The second kappa shape index (κ2) is 4.33. The molecule has 1 saturated heterocycles. The predicted octanol–water partition coefficient (Wildman–Crippen LogP) is 1.00. The van der Waals surface area contributed by atoms with Crippen molar-refractivity contribution < 1.29 is 5.11 Å². The van der Waals surface area contributed by atoms with E-state index in [1.807, 2.05) is 6.20 Å². The first-order valence-electron chi connectivity index (χ1n) is 5.52. The highest BCUT2D eigenvalue weighted by Gasteiger charge is 2.30. The summed E-state index contributed by atoms with van der Waals surface area (Å²) in [7, 11) is 0. The number of nitrogens with one attached hydrogen (secondary N) is 1. The van der Waals surface area contributed by atoms with Gasteiger partial charge in [-0.05, 0) is 19.4 Å². The Kier molecular flexibility index (Phi) is 3.07. The predicted molar refractivity (Wildman–Crippen MR) is 58.3 cm³/mol. The van der Waals surface area contributed by atoms with Gasteiger partial charge >= 0.3 is 0 Å². The fourth-order valence-corrected chi connectivity index (χ4v) is 2.30. The normalized spacial score (nSPS) is 28.1. The van der Waals surface area contributed by atoms with E-state index in [-0.39, 0.29) is 12.0 Å². The highest BCUT2D eigenvalue weighted by molar-refractivity contribution is 4.95. The largest absolute Gasteiger partial charge is 0.396 e. The molecule has 1 fully saturated rings. The van der Waals surface area contributed by atoms with Gasteiger partial charge in [-0.2, -0.15) is 0 Å². The van der Waals surface area contributed by atoms with Gasteiger partial charge in [-0.25, -0.2) is 4.98 Å². The molecule has 1 atom stereocenters. The topological polar surface area (TPSA) is 52.1 Å². The summed E-state index contributed by atoms with van der Waals surface area (Å²) in [5.41, 5.74) is 1.23. The monoisotopic (exact) mass is 209 g/mol. The molecule has 0 spiro atoms. The minimum atomic E-state index is 0.0816. The van der Waals surface area contributed by atoms with Crippen LogP contribution in [-0.4, -0.2) is 39.7 Å². The summed E-state index contributed by atoms with van der Waals surface area (Å²) in [5.74, 6) is 0. The van der Waals surface area contributed by atoms with Crippen LogP contribution in [0.3, 0.4) is 0 Å². The molecule has 1 aromatic rings. The first-order chi connectivity index (χ1) is 7.22. The van der Waals surface area contributed by atoms with Crippen molar-refractivity contribution in [2.45, 2.75) is 26.3 Å². The average molecular weight is 209 g/mol. The third kappa shape index (κ3) is 2.58. The van der Waals surface area contributed by atoms with E-state index in [4.69, 9.17) is 0 Å². The molecule has 1 unspecified atom stereocenters. The first-order valence-corrected chi connectivity index (χ1v) is 5.52. The maximum Gasteiger partial charge on any atom is 0.0922 e. The van der Waals surface area contributed by atoms with Gasteiger partial charge in [-0.15, -0.1) is 0 Å². The molecule has 2 heterocycles. The summed E-state index contributed by atoms with van der Waals surface area (Å²) < 4.78 is 0. The van der Waals surface area contributed by atoms with Gasteiger partial charge in [0.25, 0.3) is 0 Å². The third-order valence-electron chi connectivity index (χ3n) is 3.19. The van der Waals surface area contributed by atoms with Gasteiger partial charge in [0.15, 0.2) is 0 Å². The van der Waals surface area contributed by atoms with Crippen LogP contribution in [0.5, 0.6) is 0 Å². The molecule has 0 radical (unpaired) electrons. The van der Waals surface area contributed by atoms with Crippen LogP contribution in [0.4, 0.5) is 0 Å². The van der Waals surface area contributed by atoms with Crippen LogP contribution in [0.25, 0.3) is 0 Å². The Morgan fingerprint density at radius 1 is 1.67 bits per heavy atom. The molecule has 1 aliphatic heterocycles. The summed E-state index contributed by atoms with van der Waals surface area (Å²) >= 11 is 0. The van der Waals surface area contributed by atoms with Crippen molar-refractivity contribution >= 4 is 0 Å². The van der Waals surface area contributed by atoms with Gasteiger partial charge in [0.05, 0.1) is 6.33 Å². The van der Waals surface area contributed by atoms with Crippen molar-refractivity contribution in [2.24, 2.45) is 5.41 Å². The molecule has 84 valence electrons. The number of nitrogens with zero attached hydrogens (tertiary/aromatic N) is 2. The quantitative estimate of drug-likeness (QED) is 0.781. The van der Waals surface area contributed by atoms with Crippen LogP contribution < -0.4 is 0 Å². The van der Waals surface area contributed by atoms with Gasteiger partial charge in [-0.3, -0.25) is 4.90 Å². The molecule has 0 aromatic carbocycles. The van der Waals surface area contributed by atoms with Gasteiger partial charge in [0, 0.05) is 37.0 Å². The number of rotatable bonds is 3. The van der Waals surface area contributed by atoms with E-state index >= 15 is 0 Å². The molecule has 2 rings (SSSR count). The van der Waals surface area contributed by atoms with E-state index in [1.54, 1.807) is 6.33 Å². The lowest BCUT2D eigenvalue weighted by atomic mass is 9.83. The summed E-state index contributed by atoms with van der Waals surface area (Å²) in [6.07, 6.45) is 5.88. The molecule has 0 amide bonds. The summed E-state index contributed by atoms with van der Waals surface area (Å²) in [5, 5.41) is 9.35. The SMILES string of the molecule is CC1(CO)CCCN(Cc2cnc[nH]2)C1. The zero-order chi connectivity index (χ0) is 10.7. The van der Waals surface area contributed by atoms with E-state index in [0.717, 1.165) is 31.7 Å². The minimum Gasteiger partial charge on any atom is -0.396 e. The van der Waals surface area contributed by atoms with Crippen LogP contribution in [0.1, 0.15) is 25.5 Å². The molecule has 2 N–H and O–H groups in total. The van der Waals surface area contributed by atoms with Crippen LogP contribution >= 0.6 is 0 Å². The van der Waals surface area contributed by atoms with Gasteiger partial charge in [-0.1, -0.05) is 6.92 Å². The van der Waals surface area contributed by atoms with Crippen molar-refractivity contribution in [3.63, 3.8) is 0 Å². The molecule has 1 aliphatic rings. The summed E-state index contributed by atoms with van der Waals surface area (Å²) in [6, 6.07) is 0. The van der Waals surface area contributed by atoms with Crippen molar-refractivity contribution in [3.05, 3.63) is 18.2 Å². The molecular weight excluding hydrogens is 190 g/mol. The number of imidazole rings is 1. The van der Waals surface area contributed by atoms with E-state index < -0.39 is 0 Å². The Bertz CT molecular complexity index is 299. The second-order valence-corrected chi connectivity index (χ2v) is 4.86. The average Bonchev–Trinajstić information content (AvgIpc) is 2.71. The number of hydrogen-bond acceptors (Lipinski definition) is 3. The molecular formula is C11H19N3O. The number of aliphatic hydroxyl groups is 1. The molecule has 0 saturated carbocycles. The Balaban J connectivity index is 1.93. The van der Waals surface area contributed by atoms with Gasteiger partial charge < -0.3 is 10.1 Å². The highest BCUT2D eigenvalue weighted by Crippen LogP contribution is 2.29. The Hall–Kier alpha value is -0.870. The van der Waals surface area contributed by atoms with Crippen LogP contribution in [0.15, 0.2) is 12.5 Å². The van der Waals surface area contributed by atoms with E-state index in [1.165, 1.54) is 6.42 Å². The van der Waals surface area contributed by atoms with E-state index in [2.05, 4.69) is 21.8 Å². The van der Waals surface area contributed by atoms with E-state index in [9.17, 15) is 5.11 Å². The smallest absolute Gasteiger partial charge is 0.0922 e.